The van der Waals surface area contributed by atoms with Crippen LogP contribution in [0.2, 0.25) is 0 Å². The number of anilines is 1. The largest absolute Gasteiger partial charge is 0.700 e. The van der Waals surface area contributed by atoms with Crippen molar-refractivity contribution in [2.45, 2.75) is 25.2 Å². The quantitative estimate of drug-likeness (QED) is 0.239. The molecule has 2 unspecified atom stereocenters. The average molecular weight is 448 g/mol. The van der Waals surface area contributed by atoms with E-state index in [4.69, 9.17) is 33.0 Å². The Kier molecular flexibility index (Phi) is 11.0. The molecule has 0 aliphatic carbocycles. The van der Waals surface area contributed by atoms with Crippen molar-refractivity contribution < 1.29 is 33.1 Å². The Morgan fingerprint density at radius 1 is 1.00 bits per heavy atom. The molecule has 26 heavy (non-hydrogen) atoms. The van der Waals surface area contributed by atoms with Crippen LogP contribution in [0, 0.1) is 0 Å². The Bertz CT molecular complexity index is 569. The third-order valence-corrected chi connectivity index (χ3v) is 4.63. The van der Waals surface area contributed by atoms with Crippen molar-refractivity contribution in [3.63, 3.8) is 0 Å². The second-order valence-corrected chi connectivity index (χ2v) is 7.33. The second kappa shape index (κ2) is 12.1. The zero-order valence-electron chi connectivity index (χ0n) is 13.8. The predicted octanol–water partition coefficient (Wildman–Crippen LogP) is 3.27. The molecule has 0 bridgehead atoms. The van der Waals surface area contributed by atoms with Gasteiger partial charge in [-0.25, -0.2) is 0 Å². The van der Waals surface area contributed by atoms with Gasteiger partial charge in [0.2, 0.25) is 0 Å². The number of hydrogen-bond acceptors (Lipinski definition) is 6. The van der Waals surface area contributed by atoms with E-state index in [0.717, 1.165) is 11.3 Å². The Morgan fingerprint density at radius 2 is 1.50 bits per heavy atom. The molecule has 0 saturated carbocycles. The molecule has 0 aliphatic heterocycles. The Morgan fingerprint density at radius 3 is 1.92 bits per heavy atom. The van der Waals surface area contributed by atoms with Crippen LogP contribution in [0.5, 0.6) is 0 Å². The predicted molar refractivity (Wildman–Crippen MR) is 99.8 cm³/mol. The van der Waals surface area contributed by atoms with Crippen LogP contribution >= 0.6 is 39.7 Å². The summed E-state index contributed by atoms with van der Waals surface area (Å²) < 4.78 is 30.1. The van der Waals surface area contributed by atoms with Crippen LogP contribution in [0.25, 0.3) is 0 Å². The van der Waals surface area contributed by atoms with E-state index < -0.39 is 22.5 Å². The van der Waals surface area contributed by atoms with Gasteiger partial charge < -0.3 is 10.0 Å². The van der Waals surface area contributed by atoms with Gasteiger partial charge in [-0.3, -0.25) is 0 Å². The molecule has 1 aromatic rings. The number of nitrogens with zero attached hydrogens (tertiary/aromatic N) is 1. The number of benzene rings is 1. The summed E-state index contributed by atoms with van der Waals surface area (Å²) in [7, 11) is -6.40. The van der Waals surface area contributed by atoms with Crippen LogP contribution in [-0.2, 0) is 24.6 Å². The second-order valence-electron chi connectivity index (χ2n) is 5.26. The summed E-state index contributed by atoms with van der Waals surface area (Å²) in [5.41, 5.74) is 1.92. The van der Waals surface area contributed by atoms with Crippen molar-refractivity contribution in [2.75, 3.05) is 29.7 Å². The van der Waals surface area contributed by atoms with Gasteiger partial charge in [0.25, 0.3) is 0 Å². The normalized spacial score (nSPS) is 14.7. The van der Waals surface area contributed by atoms with E-state index in [0.29, 0.717) is 31.3 Å². The lowest BCUT2D eigenvalue weighted by molar-refractivity contribution is -0.277. The van der Waals surface area contributed by atoms with E-state index >= 15 is 0 Å². The van der Waals surface area contributed by atoms with E-state index in [9.17, 15) is 14.2 Å². The average Bonchev–Trinajstić information content (AvgIpc) is 2.53. The minimum Gasteiger partial charge on any atom is -0.369 e. The van der Waals surface area contributed by atoms with E-state index in [1.165, 1.54) is 0 Å². The first-order valence-corrected chi connectivity index (χ1v) is 11.0. The number of aryl methyl sites for hydroxylation is 1. The van der Waals surface area contributed by atoms with Gasteiger partial charge in [0, 0.05) is 46.1 Å². The fourth-order valence-electron chi connectivity index (χ4n) is 2.32. The van der Waals surface area contributed by atoms with Gasteiger partial charge in [0.15, 0.2) is 0 Å². The molecule has 1 aromatic carbocycles. The number of hydrogen-bond donors (Lipinski definition) is 3. The molecular weight excluding hydrogens is 427 g/mol. The van der Waals surface area contributed by atoms with E-state index in [1.807, 2.05) is 24.3 Å². The van der Waals surface area contributed by atoms with Gasteiger partial charge in [-0.1, -0.05) is 12.1 Å². The number of aliphatic hydroxyl groups is 1. The van der Waals surface area contributed by atoms with Gasteiger partial charge in [-0.2, -0.15) is 0 Å². The van der Waals surface area contributed by atoms with Gasteiger partial charge in [0.1, 0.15) is 0 Å². The topological polar surface area (TPSA) is 117 Å². The lowest BCUT2D eigenvalue weighted by Gasteiger charge is -2.23. The highest BCUT2D eigenvalue weighted by atomic mass is 35.5. The third kappa shape index (κ3) is 9.00. The summed E-state index contributed by atoms with van der Waals surface area (Å²) in [6.07, 6.45) is 0.517. The Labute approximate surface area is 163 Å². The fraction of sp³-hybridized carbons (Fsp3) is 0.571. The maximum atomic E-state index is 10.7. The number of alkyl halides is 2. The molecular formula is C14H21Cl2NO7P2+2. The van der Waals surface area contributed by atoms with Crippen molar-refractivity contribution >= 4 is 45.4 Å². The van der Waals surface area contributed by atoms with Crippen molar-refractivity contribution in [2.24, 2.45) is 0 Å². The van der Waals surface area contributed by atoms with Crippen molar-refractivity contribution in [1.82, 2.24) is 0 Å². The van der Waals surface area contributed by atoms with Gasteiger partial charge >= 0.3 is 22.5 Å². The molecule has 0 saturated heterocycles. The molecule has 0 fully saturated rings. The van der Waals surface area contributed by atoms with Gasteiger partial charge in [0.05, 0.1) is 0 Å². The Balaban J connectivity index is 2.63. The van der Waals surface area contributed by atoms with Crippen LogP contribution in [0.1, 0.15) is 18.4 Å². The van der Waals surface area contributed by atoms with Crippen molar-refractivity contribution in [3.8, 4) is 0 Å². The summed E-state index contributed by atoms with van der Waals surface area (Å²) in [4.78, 5) is 19.5. The summed E-state index contributed by atoms with van der Waals surface area (Å²) in [6.45, 7) is 1.35. The first-order valence-electron chi connectivity index (χ1n) is 7.68. The zero-order valence-corrected chi connectivity index (χ0v) is 17.1. The molecule has 0 aromatic heterocycles. The van der Waals surface area contributed by atoms with Crippen LogP contribution in [0.3, 0.4) is 0 Å². The molecule has 12 heteroatoms. The summed E-state index contributed by atoms with van der Waals surface area (Å²) in [5, 5.41) is 9.90. The molecule has 1 rings (SSSR count). The number of rotatable bonds is 13. The minimum atomic E-state index is -3.20. The highest BCUT2D eigenvalue weighted by molar-refractivity contribution is 7.33. The van der Waals surface area contributed by atoms with Crippen LogP contribution in [-0.4, -0.2) is 45.7 Å². The number of halogens is 2. The van der Waals surface area contributed by atoms with Gasteiger partial charge in [-0.15, -0.1) is 33.0 Å². The minimum absolute atomic E-state index is 0.261. The summed E-state index contributed by atoms with van der Waals surface area (Å²) >= 11 is 11.6. The lowest BCUT2D eigenvalue weighted by atomic mass is 10.1. The van der Waals surface area contributed by atoms with Crippen LogP contribution < -0.4 is 4.90 Å². The zero-order chi connectivity index (χ0) is 19.6. The smallest absolute Gasteiger partial charge is 0.369 e. The van der Waals surface area contributed by atoms with E-state index in [-0.39, 0.29) is 12.8 Å². The van der Waals surface area contributed by atoms with Crippen molar-refractivity contribution in [3.05, 3.63) is 29.8 Å². The summed E-state index contributed by atoms with van der Waals surface area (Å²) in [6, 6.07) is 7.63. The fourth-order valence-corrected chi connectivity index (χ4v) is 3.53. The van der Waals surface area contributed by atoms with E-state index in [1.54, 1.807) is 0 Å². The van der Waals surface area contributed by atoms with Crippen LogP contribution in [0.4, 0.5) is 5.69 Å². The monoisotopic (exact) mass is 447 g/mol. The molecule has 2 atom stereocenters. The highest BCUT2D eigenvalue weighted by Crippen LogP contribution is 2.35. The highest BCUT2D eigenvalue weighted by Gasteiger charge is 2.47. The molecule has 3 N–H and O–H groups in total. The van der Waals surface area contributed by atoms with Gasteiger partial charge in [-0.05, 0) is 39.6 Å². The SMILES string of the molecule is O=[P+](O)OC(O)(CCCc1ccc(N(CCCl)CCCl)cc1)O[P+](=O)O. The molecule has 146 valence electrons. The first-order chi connectivity index (χ1) is 12.3. The van der Waals surface area contributed by atoms with E-state index in [2.05, 4.69) is 13.9 Å². The third-order valence-electron chi connectivity index (χ3n) is 3.41. The molecule has 0 heterocycles. The molecule has 0 spiro atoms. The maximum absolute atomic E-state index is 10.7. The Hall–Kier alpha value is -0.400. The molecule has 0 amide bonds. The maximum Gasteiger partial charge on any atom is 0.700 e. The molecule has 0 radical (unpaired) electrons. The summed E-state index contributed by atoms with van der Waals surface area (Å²) in [5.74, 6) is -1.63. The lowest BCUT2D eigenvalue weighted by Crippen LogP contribution is -2.31. The van der Waals surface area contributed by atoms with Crippen LogP contribution in [0.15, 0.2) is 24.3 Å². The first kappa shape index (κ1) is 23.6. The van der Waals surface area contributed by atoms with Crippen molar-refractivity contribution in [1.29, 1.82) is 0 Å². The molecule has 8 nitrogen and oxygen atoms in total. The molecule has 0 aliphatic rings. The standard InChI is InChI=1S/C14H19Cl2NO7P2/c15-8-10-17(11-9-16)13-5-3-12(4-6-13)2-1-7-14(18,23-25(19)20)24-26(21)22/h3-6,18H,1-2,7-11H2/p+2.